The Morgan fingerprint density at radius 1 is 0.933 bits per heavy atom. The monoisotopic (exact) mass is 431 g/mol. The molecule has 0 N–H and O–H groups in total. The zero-order chi connectivity index (χ0) is 21.1. The summed E-state index contributed by atoms with van der Waals surface area (Å²) in [6.07, 6.45) is 0. The van der Waals surface area contributed by atoms with E-state index in [1.165, 1.54) is 28.0 Å². The maximum absolute atomic E-state index is 13.2. The Kier molecular flexibility index (Phi) is 6.32. The zero-order valence-electron chi connectivity index (χ0n) is 16.5. The third kappa shape index (κ3) is 4.64. The molecule has 0 spiro atoms. The predicted molar refractivity (Wildman–Crippen MR) is 112 cm³/mol. The Labute approximate surface area is 179 Å². The van der Waals surface area contributed by atoms with Crippen LogP contribution in [0.15, 0.2) is 42.5 Å². The molecule has 2 aliphatic rings. The molecule has 2 aromatic carbocycles. The van der Waals surface area contributed by atoms with Crippen molar-refractivity contribution in [2.75, 3.05) is 44.3 Å². The molecule has 0 radical (unpaired) electrons. The maximum atomic E-state index is 13.2. The number of ether oxygens (including phenoxy) is 1. The molecule has 0 atom stereocenters. The minimum Gasteiger partial charge on any atom is -0.379 e. The first-order valence-corrected chi connectivity index (χ1v) is 10.3. The van der Waals surface area contributed by atoms with E-state index in [9.17, 15) is 14.0 Å². The number of amides is 2. The van der Waals surface area contributed by atoms with Crippen LogP contribution in [0.1, 0.15) is 11.1 Å². The van der Waals surface area contributed by atoms with Gasteiger partial charge in [-0.2, -0.15) is 0 Å². The maximum Gasteiger partial charge on any atom is 0.316 e. The van der Waals surface area contributed by atoms with E-state index in [2.05, 4.69) is 4.90 Å². The lowest BCUT2D eigenvalue weighted by Gasteiger charge is -2.34. The Balaban J connectivity index is 1.44. The second kappa shape index (κ2) is 9.12. The van der Waals surface area contributed by atoms with Crippen LogP contribution < -0.4 is 4.90 Å². The molecule has 158 valence electrons. The van der Waals surface area contributed by atoms with Crippen molar-refractivity contribution in [2.24, 2.45) is 0 Å². The lowest BCUT2D eigenvalue weighted by molar-refractivity contribution is -0.146. The number of morpholine rings is 1. The quantitative estimate of drug-likeness (QED) is 0.683. The molecular formula is C22H23ClFN3O3. The van der Waals surface area contributed by atoms with E-state index in [0.29, 0.717) is 18.7 Å². The number of rotatable bonds is 5. The van der Waals surface area contributed by atoms with E-state index in [1.54, 1.807) is 0 Å². The van der Waals surface area contributed by atoms with Crippen LogP contribution in [-0.2, 0) is 27.4 Å². The summed E-state index contributed by atoms with van der Waals surface area (Å²) in [5.74, 6) is -1.59. The highest BCUT2D eigenvalue weighted by atomic mass is 35.5. The lowest BCUT2D eigenvalue weighted by atomic mass is 10.1. The van der Waals surface area contributed by atoms with Crippen LogP contribution in [0.3, 0.4) is 0 Å². The molecule has 2 fully saturated rings. The highest BCUT2D eigenvalue weighted by Crippen LogP contribution is 2.23. The first-order chi connectivity index (χ1) is 14.5. The molecule has 8 heteroatoms. The average Bonchev–Trinajstić information content (AvgIpc) is 2.74. The Morgan fingerprint density at radius 3 is 2.50 bits per heavy atom. The van der Waals surface area contributed by atoms with Gasteiger partial charge in [0, 0.05) is 50.0 Å². The number of benzene rings is 2. The Hall–Kier alpha value is -2.48. The summed E-state index contributed by atoms with van der Waals surface area (Å²) in [5, 5.41) is 0.244. The summed E-state index contributed by atoms with van der Waals surface area (Å²) in [6, 6.07) is 11.8. The largest absolute Gasteiger partial charge is 0.379 e. The Bertz CT molecular complexity index is 949. The van der Waals surface area contributed by atoms with Gasteiger partial charge in [0.1, 0.15) is 5.82 Å². The van der Waals surface area contributed by atoms with Gasteiger partial charge in [0.05, 0.1) is 13.2 Å². The highest BCUT2D eigenvalue weighted by molar-refractivity contribution is 6.41. The van der Waals surface area contributed by atoms with Crippen molar-refractivity contribution < 1.29 is 18.7 Å². The molecule has 0 bridgehead atoms. The third-order valence-corrected chi connectivity index (χ3v) is 5.77. The van der Waals surface area contributed by atoms with Crippen molar-refractivity contribution in [2.45, 2.75) is 13.1 Å². The second-order valence-electron chi connectivity index (χ2n) is 7.48. The summed E-state index contributed by atoms with van der Waals surface area (Å²) in [6.45, 7) is 4.95. The molecule has 6 nitrogen and oxygen atoms in total. The molecule has 2 heterocycles. The standard InChI is InChI=1S/C22H23ClFN3O3/c23-20-13-18(24)5-4-17(20)15-26-6-7-27(22(29)21(26)28)19-3-1-2-16(12-19)14-25-8-10-30-11-9-25/h1-5,12-13H,6-11,14-15H2. The van der Waals surface area contributed by atoms with Crippen LogP contribution in [0.25, 0.3) is 0 Å². The Morgan fingerprint density at radius 2 is 1.73 bits per heavy atom. The van der Waals surface area contributed by atoms with Crippen molar-refractivity contribution >= 4 is 29.1 Å². The van der Waals surface area contributed by atoms with Gasteiger partial charge < -0.3 is 14.5 Å². The SMILES string of the molecule is O=C1C(=O)N(c2cccc(CN3CCOCC3)c2)CCN1Cc1ccc(F)cc1Cl. The number of carbonyl (C=O) groups is 2. The van der Waals surface area contributed by atoms with Gasteiger partial charge in [0.2, 0.25) is 0 Å². The number of carbonyl (C=O) groups excluding carboxylic acids is 2. The van der Waals surface area contributed by atoms with Crippen molar-refractivity contribution in [1.29, 1.82) is 0 Å². The molecule has 2 aromatic rings. The summed E-state index contributed by atoms with van der Waals surface area (Å²) >= 11 is 6.07. The fraction of sp³-hybridized carbons (Fsp3) is 0.364. The number of hydrogen-bond donors (Lipinski definition) is 0. The van der Waals surface area contributed by atoms with E-state index in [0.717, 1.165) is 44.1 Å². The third-order valence-electron chi connectivity index (χ3n) is 5.42. The van der Waals surface area contributed by atoms with Crippen molar-refractivity contribution in [3.8, 4) is 0 Å². The van der Waals surface area contributed by atoms with Crippen LogP contribution in [0.4, 0.5) is 10.1 Å². The second-order valence-corrected chi connectivity index (χ2v) is 7.88. The minimum absolute atomic E-state index is 0.175. The molecule has 4 rings (SSSR count). The van der Waals surface area contributed by atoms with E-state index < -0.39 is 17.6 Å². The number of anilines is 1. The van der Waals surface area contributed by atoms with E-state index in [-0.39, 0.29) is 11.6 Å². The van der Waals surface area contributed by atoms with Gasteiger partial charge in [-0.3, -0.25) is 14.5 Å². The molecule has 0 aliphatic carbocycles. The molecule has 2 aliphatic heterocycles. The number of hydrogen-bond acceptors (Lipinski definition) is 4. The molecule has 2 saturated heterocycles. The fourth-order valence-electron chi connectivity index (χ4n) is 3.77. The van der Waals surface area contributed by atoms with Gasteiger partial charge in [-0.15, -0.1) is 0 Å². The van der Waals surface area contributed by atoms with Crippen molar-refractivity contribution in [3.63, 3.8) is 0 Å². The highest BCUT2D eigenvalue weighted by Gasteiger charge is 2.33. The van der Waals surface area contributed by atoms with Gasteiger partial charge in [-0.1, -0.05) is 29.8 Å². The van der Waals surface area contributed by atoms with Crippen molar-refractivity contribution in [1.82, 2.24) is 9.80 Å². The average molecular weight is 432 g/mol. The molecular weight excluding hydrogens is 409 g/mol. The molecule has 30 heavy (non-hydrogen) atoms. The molecule has 2 amide bonds. The van der Waals surface area contributed by atoms with Gasteiger partial charge in [0.25, 0.3) is 0 Å². The van der Waals surface area contributed by atoms with Gasteiger partial charge in [0.15, 0.2) is 0 Å². The first kappa shape index (κ1) is 20.8. The van der Waals surface area contributed by atoms with E-state index in [1.807, 2.05) is 24.3 Å². The topological polar surface area (TPSA) is 53.1 Å². The summed E-state index contributed by atoms with van der Waals surface area (Å²) < 4.78 is 18.6. The van der Waals surface area contributed by atoms with Crippen molar-refractivity contribution in [3.05, 3.63) is 64.4 Å². The summed E-state index contributed by atoms with van der Waals surface area (Å²) in [5.41, 5.74) is 2.42. The smallest absolute Gasteiger partial charge is 0.316 e. The van der Waals surface area contributed by atoms with Gasteiger partial charge in [-0.25, -0.2) is 4.39 Å². The first-order valence-electron chi connectivity index (χ1n) is 9.95. The van der Waals surface area contributed by atoms with Crippen LogP contribution in [0.5, 0.6) is 0 Å². The molecule has 0 saturated carbocycles. The summed E-state index contributed by atoms with van der Waals surface area (Å²) in [7, 11) is 0. The minimum atomic E-state index is -0.583. The van der Waals surface area contributed by atoms with Gasteiger partial charge in [-0.05, 0) is 35.4 Å². The van der Waals surface area contributed by atoms with E-state index >= 15 is 0 Å². The fourth-order valence-corrected chi connectivity index (χ4v) is 3.99. The molecule has 0 unspecified atom stereocenters. The summed E-state index contributed by atoms with van der Waals surface area (Å²) in [4.78, 5) is 30.8. The van der Waals surface area contributed by atoms with Crippen LogP contribution in [0.2, 0.25) is 5.02 Å². The number of halogens is 2. The van der Waals surface area contributed by atoms with E-state index in [4.69, 9.17) is 16.3 Å². The molecule has 0 aromatic heterocycles. The van der Waals surface area contributed by atoms with Crippen LogP contribution in [0, 0.1) is 5.82 Å². The van der Waals surface area contributed by atoms with Crippen LogP contribution >= 0.6 is 11.6 Å². The van der Waals surface area contributed by atoms with Crippen LogP contribution in [-0.4, -0.2) is 61.0 Å². The number of nitrogens with zero attached hydrogens (tertiary/aromatic N) is 3. The normalized spacial score (nSPS) is 18.2. The number of piperazine rings is 1. The lowest BCUT2D eigenvalue weighted by Crippen LogP contribution is -2.54. The zero-order valence-corrected chi connectivity index (χ0v) is 17.3. The predicted octanol–water partition coefficient (Wildman–Crippen LogP) is 2.69. The van der Waals surface area contributed by atoms with Gasteiger partial charge >= 0.3 is 11.8 Å².